The Balaban J connectivity index is 1.79. The van der Waals surface area contributed by atoms with Crippen molar-refractivity contribution in [2.45, 2.75) is 24.8 Å². The smallest absolute Gasteiger partial charge is 0.158 e. The fraction of sp³-hybridized carbons (Fsp3) is 0.222. The number of furan rings is 1. The van der Waals surface area contributed by atoms with Gasteiger partial charge in [0.15, 0.2) is 5.58 Å². The fourth-order valence-corrected chi connectivity index (χ4v) is 3.69. The molecule has 1 N–H and O–H groups in total. The highest BCUT2D eigenvalue weighted by Gasteiger charge is 2.32. The Kier molecular flexibility index (Phi) is 1.93. The molecule has 2 atom stereocenters. The summed E-state index contributed by atoms with van der Waals surface area (Å²) in [4.78, 5) is 0. The van der Waals surface area contributed by atoms with Crippen LogP contribution in [0.25, 0.3) is 17.0 Å². The average molecular weight is 261 g/mol. The highest BCUT2D eigenvalue weighted by molar-refractivity contribution is 5.97. The average Bonchev–Trinajstić information content (AvgIpc) is 3.05. The Morgan fingerprint density at radius 3 is 3.10 bits per heavy atom. The monoisotopic (exact) mass is 261 g/mol. The molecule has 1 aliphatic heterocycles. The van der Waals surface area contributed by atoms with Crippen LogP contribution in [0.5, 0.6) is 0 Å². The Labute approximate surface area is 117 Å². The van der Waals surface area contributed by atoms with E-state index in [2.05, 4.69) is 53.9 Å². The number of nitrogens with one attached hydrogen (secondary N) is 1. The Morgan fingerprint density at radius 1 is 1.15 bits per heavy atom. The molecule has 0 saturated carbocycles. The molecular weight excluding hydrogens is 246 g/mol. The van der Waals surface area contributed by atoms with Gasteiger partial charge in [0.1, 0.15) is 5.76 Å². The predicted octanol–water partition coefficient (Wildman–Crippen LogP) is 4.40. The molecule has 2 unspecified atom stereocenters. The number of anilines is 1. The van der Waals surface area contributed by atoms with E-state index in [9.17, 15) is 0 Å². The van der Waals surface area contributed by atoms with Crippen LogP contribution in [0.3, 0.4) is 0 Å². The topological polar surface area (TPSA) is 25.2 Å². The molecule has 20 heavy (non-hydrogen) atoms. The third-order valence-corrected chi connectivity index (χ3v) is 4.66. The van der Waals surface area contributed by atoms with Gasteiger partial charge in [0.05, 0.1) is 11.7 Å². The van der Waals surface area contributed by atoms with E-state index in [0.717, 1.165) is 24.2 Å². The zero-order valence-electron chi connectivity index (χ0n) is 11.1. The molecule has 0 radical (unpaired) electrons. The van der Waals surface area contributed by atoms with E-state index in [-0.39, 0.29) is 0 Å². The normalized spacial score (nSPS) is 25.4. The van der Waals surface area contributed by atoms with Gasteiger partial charge >= 0.3 is 0 Å². The lowest BCUT2D eigenvalue weighted by Gasteiger charge is -2.15. The summed E-state index contributed by atoms with van der Waals surface area (Å²) < 4.78 is 6.14. The van der Waals surface area contributed by atoms with Crippen LogP contribution in [-0.4, -0.2) is 6.04 Å². The van der Waals surface area contributed by atoms with Gasteiger partial charge in [-0.25, -0.2) is 0 Å². The van der Waals surface area contributed by atoms with E-state index >= 15 is 0 Å². The number of rotatable bonds is 0. The first kappa shape index (κ1) is 10.6. The molecule has 0 saturated heterocycles. The maximum Gasteiger partial charge on any atom is 0.158 e. The molecule has 2 heteroatoms. The van der Waals surface area contributed by atoms with Gasteiger partial charge in [-0.2, -0.15) is 0 Å². The first-order valence-corrected chi connectivity index (χ1v) is 7.28. The third-order valence-electron chi connectivity index (χ3n) is 4.66. The summed E-state index contributed by atoms with van der Waals surface area (Å²) in [5, 5.41) is 4.91. The molecular formula is C18H15NO. The van der Waals surface area contributed by atoms with Gasteiger partial charge in [-0.1, -0.05) is 42.5 Å². The second-order valence-electron chi connectivity index (χ2n) is 5.76. The minimum Gasteiger partial charge on any atom is -0.454 e. The van der Waals surface area contributed by atoms with E-state index in [4.69, 9.17) is 4.42 Å². The highest BCUT2D eigenvalue weighted by Crippen LogP contribution is 2.45. The number of benzene rings is 1. The first-order valence-electron chi connectivity index (χ1n) is 7.28. The molecule has 2 aliphatic carbocycles. The van der Waals surface area contributed by atoms with Gasteiger partial charge in [-0.15, -0.1) is 0 Å². The maximum absolute atomic E-state index is 6.14. The zero-order valence-corrected chi connectivity index (χ0v) is 11.1. The number of allylic oxidation sites excluding steroid dienone is 3. The Hall–Kier alpha value is -2.22. The number of fused-ring (bicyclic) bond motifs is 7. The standard InChI is InChI=1S/C18H15NO/c1-3-7-15-11(5-1)13-9-10-14-12-6-2-4-8-16(12)20-18(14)17(13)19-15/h1,3-5,7-11,15,19H,2,6H2. The van der Waals surface area contributed by atoms with Crippen molar-refractivity contribution in [2.75, 3.05) is 5.32 Å². The van der Waals surface area contributed by atoms with Gasteiger partial charge < -0.3 is 9.73 Å². The Morgan fingerprint density at radius 2 is 2.10 bits per heavy atom. The minimum absolute atomic E-state index is 0.373. The van der Waals surface area contributed by atoms with Crippen LogP contribution in [0.4, 0.5) is 5.69 Å². The number of hydrogen-bond acceptors (Lipinski definition) is 2. The van der Waals surface area contributed by atoms with Crippen LogP contribution in [0.2, 0.25) is 0 Å². The van der Waals surface area contributed by atoms with E-state index in [1.165, 1.54) is 22.2 Å². The van der Waals surface area contributed by atoms with E-state index in [1.807, 2.05) is 0 Å². The third kappa shape index (κ3) is 1.24. The van der Waals surface area contributed by atoms with Crippen LogP contribution >= 0.6 is 0 Å². The predicted molar refractivity (Wildman–Crippen MR) is 82.0 cm³/mol. The molecule has 5 rings (SSSR count). The number of hydrogen-bond donors (Lipinski definition) is 1. The SMILES string of the molecule is C1=CC2Nc3c(ccc4c5c(oc34)C=CCC5)C2C=C1. The van der Waals surface area contributed by atoms with Gasteiger partial charge in [-0.05, 0) is 24.5 Å². The summed E-state index contributed by atoms with van der Waals surface area (Å²) in [7, 11) is 0. The van der Waals surface area contributed by atoms with Crippen molar-refractivity contribution in [1.29, 1.82) is 0 Å². The molecule has 3 aliphatic rings. The second kappa shape index (κ2) is 3.66. The van der Waals surface area contributed by atoms with Crippen LogP contribution in [0.15, 0.2) is 46.9 Å². The molecule has 0 amide bonds. The van der Waals surface area contributed by atoms with E-state index in [1.54, 1.807) is 0 Å². The molecule has 2 heterocycles. The van der Waals surface area contributed by atoms with Crippen LogP contribution in [0, 0.1) is 0 Å². The highest BCUT2D eigenvalue weighted by atomic mass is 16.3. The lowest BCUT2D eigenvalue weighted by Crippen LogP contribution is -2.17. The molecule has 0 bridgehead atoms. The fourth-order valence-electron chi connectivity index (χ4n) is 3.69. The van der Waals surface area contributed by atoms with Crippen molar-refractivity contribution in [3.63, 3.8) is 0 Å². The zero-order chi connectivity index (χ0) is 13.1. The molecule has 1 aromatic carbocycles. The molecule has 98 valence electrons. The lowest BCUT2D eigenvalue weighted by molar-refractivity contribution is 0.596. The largest absolute Gasteiger partial charge is 0.454 e. The van der Waals surface area contributed by atoms with Gasteiger partial charge in [0.2, 0.25) is 0 Å². The van der Waals surface area contributed by atoms with Gasteiger partial charge in [0, 0.05) is 16.9 Å². The van der Waals surface area contributed by atoms with Crippen molar-refractivity contribution >= 4 is 22.7 Å². The van der Waals surface area contributed by atoms with Gasteiger partial charge in [0.25, 0.3) is 0 Å². The molecule has 2 nitrogen and oxygen atoms in total. The minimum atomic E-state index is 0.373. The maximum atomic E-state index is 6.14. The summed E-state index contributed by atoms with van der Waals surface area (Å²) in [6.45, 7) is 0. The van der Waals surface area contributed by atoms with Crippen LogP contribution in [-0.2, 0) is 6.42 Å². The lowest BCUT2D eigenvalue weighted by atomic mass is 9.91. The summed E-state index contributed by atoms with van der Waals surface area (Å²) in [5.74, 6) is 1.49. The summed E-state index contributed by atoms with van der Waals surface area (Å²) in [6.07, 6.45) is 15.3. The van der Waals surface area contributed by atoms with E-state index < -0.39 is 0 Å². The van der Waals surface area contributed by atoms with Crippen molar-refractivity contribution in [1.82, 2.24) is 0 Å². The van der Waals surface area contributed by atoms with E-state index in [0.29, 0.717) is 12.0 Å². The molecule has 0 spiro atoms. The Bertz CT molecular complexity index is 806. The summed E-state index contributed by atoms with van der Waals surface area (Å²) >= 11 is 0. The quantitative estimate of drug-likeness (QED) is 0.760. The number of aryl methyl sites for hydroxylation is 1. The summed E-state index contributed by atoms with van der Waals surface area (Å²) in [6, 6.07) is 4.89. The molecule has 1 aromatic heterocycles. The van der Waals surface area contributed by atoms with Crippen molar-refractivity contribution in [3.05, 3.63) is 59.4 Å². The molecule has 2 aromatic rings. The van der Waals surface area contributed by atoms with Crippen LogP contribution in [0.1, 0.15) is 29.2 Å². The van der Waals surface area contributed by atoms with Gasteiger partial charge in [-0.3, -0.25) is 0 Å². The van der Waals surface area contributed by atoms with Crippen LogP contribution < -0.4 is 5.32 Å². The first-order chi connectivity index (χ1) is 9.92. The van der Waals surface area contributed by atoms with Crippen molar-refractivity contribution in [2.24, 2.45) is 0 Å². The summed E-state index contributed by atoms with van der Waals surface area (Å²) in [5.41, 5.74) is 4.96. The van der Waals surface area contributed by atoms with Crippen molar-refractivity contribution in [3.8, 4) is 0 Å². The van der Waals surface area contributed by atoms with Crippen molar-refractivity contribution < 1.29 is 4.42 Å². The molecule has 0 fully saturated rings. The second-order valence-corrected chi connectivity index (χ2v) is 5.76.